The Morgan fingerprint density at radius 3 is 2.52 bits per heavy atom. The number of allylic oxidation sites excluding steroid dienone is 1. The molecule has 118 valence electrons. The lowest BCUT2D eigenvalue weighted by Gasteiger charge is -2.64. The average molecular weight is 288 g/mol. The first-order valence-electron chi connectivity index (χ1n) is 9.15. The van der Waals surface area contributed by atoms with Crippen molar-refractivity contribution in [3.63, 3.8) is 0 Å². The highest BCUT2D eigenvalue weighted by atomic mass is 16.3. The van der Waals surface area contributed by atoms with Gasteiger partial charge in [0.15, 0.2) is 0 Å². The third kappa shape index (κ3) is 1.68. The Hall–Kier alpha value is -0.300. The van der Waals surface area contributed by atoms with Gasteiger partial charge in [-0.25, -0.2) is 0 Å². The Morgan fingerprint density at radius 2 is 1.76 bits per heavy atom. The number of aliphatic hydroxyl groups is 1. The van der Waals surface area contributed by atoms with Gasteiger partial charge in [0.25, 0.3) is 0 Å². The van der Waals surface area contributed by atoms with Crippen LogP contribution in [0.5, 0.6) is 0 Å². The third-order valence-corrected chi connectivity index (χ3v) is 8.59. The van der Waals surface area contributed by atoms with E-state index in [1.807, 2.05) is 0 Å². The van der Waals surface area contributed by atoms with E-state index in [-0.39, 0.29) is 11.5 Å². The predicted octanol–water partition coefficient (Wildman–Crippen LogP) is 4.95. The molecule has 1 spiro atoms. The highest BCUT2D eigenvalue weighted by Crippen LogP contribution is 2.72. The minimum Gasteiger partial charge on any atom is -0.393 e. The zero-order valence-electron chi connectivity index (χ0n) is 14.1. The number of hydrogen-bond acceptors (Lipinski definition) is 1. The molecule has 0 aliphatic heterocycles. The molecule has 1 nitrogen and oxygen atoms in total. The zero-order valence-corrected chi connectivity index (χ0v) is 14.1. The smallest absolute Gasteiger partial charge is 0.0594 e. The van der Waals surface area contributed by atoms with Gasteiger partial charge in [0.05, 0.1) is 6.10 Å². The Labute approximate surface area is 130 Å². The van der Waals surface area contributed by atoms with Gasteiger partial charge in [0.2, 0.25) is 0 Å². The van der Waals surface area contributed by atoms with Crippen molar-refractivity contribution in [1.82, 2.24) is 0 Å². The Kier molecular flexibility index (Phi) is 2.83. The zero-order chi connectivity index (χ0) is 15.0. The largest absolute Gasteiger partial charge is 0.393 e. The van der Waals surface area contributed by atoms with Crippen molar-refractivity contribution < 1.29 is 5.11 Å². The van der Waals surface area contributed by atoms with Crippen LogP contribution in [0, 0.1) is 34.0 Å². The van der Waals surface area contributed by atoms with Crippen LogP contribution < -0.4 is 0 Å². The van der Waals surface area contributed by atoms with Gasteiger partial charge in [-0.2, -0.15) is 0 Å². The molecule has 0 radical (unpaired) electrons. The van der Waals surface area contributed by atoms with Crippen molar-refractivity contribution in [3.8, 4) is 0 Å². The maximum atomic E-state index is 10.5. The van der Waals surface area contributed by atoms with E-state index in [0.29, 0.717) is 16.7 Å². The maximum Gasteiger partial charge on any atom is 0.0594 e. The molecule has 4 aliphatic carbocycles. The molecule has 0 aromatic carbocycles. The first kappa shape index (κ1) is 14.3. The number of aliphatic hydroxyl groups excluding tert-OH is 1. The second-order valence-corrected chi connectivity index (χ2v) is 9.70. The Bertz CT molecular complexity index is 478. The summed E-state index contributed by atoms with van der Waals surface area (Å²) in [5.74, 6) is 2.42. The van der Waals surface area contributed by atoms with Gasteiger partial charge >= 0.3 is 0 Å². The summed E-state index contributed by atoms with van der Waals surface area (Å²) in [6.07, 6.45) is 10.4. The fourth-order valence-corrected chi connectivity index (χ4v) is 7.57. The molecule has 21 heavy (non-hydrogen) atoms. The molecule has 0 unspecified atom stereocenters. The molecule has 4 aliphatic rings. The van der Waals surface area contributed by atoms with Gasteiger partial charge < -0.3 is 5.11 Å². The maximum absolute atomic E-state index is 10.5. The summed E-state index contributed by atoms with van der Waals surface area (Å²) in [5, 5.41) is 10.5. The van der Waals surface area contributed by atoms with Gasteiger partial charge in [-0.15, -0.1) is 0 Å². The molecule has 0 amide bonds. The molecule has 1 N–H and O–H groups in total. The van der Waals surface area contributed by atoms with Gasteiger partial charge in [-0.05, 0) is 85.4 Å². The quantitative estimate of drug-likeness (QED) is 0.626. The first-order chi connectivity index (χ1) is 9.80. The van der Waals surface area contributed by atoms with Crippen LogP contribution in [0.25, 0.3) is 0 Å². The van der Waals surface area contributed by atoms with Crippen molar-refractivity contribution in [3.05, 3.63) is 12.2 Å². The molecule has 0 aromatic heterocycles. The van der Waals surface area contributed by atoms with E-state index in [1.165, 1.54) is 44.9 Å². The molecule has 0 heterocycles. The van der Waals surface area contributed by atoms with E-state index in [1.54, 1.807) is 5.57 Å². The molecule has 2 bridgehead atoms. The normalized spacial score (nSPS) is 55.0. The summed E-state index contributed by atoms with van der Waals surface area (Å²) in [6, 6.07) is 0. The van der Waals surface area contributed by atoms with E-state index in [4.69, 9.17) is 0 Å². The van der Waals surface area contributed by atoms with E-state index in [9.17, 15) is 5.11 Å². The SMILES string of the molecule is C=C1C[C@]23CC[C@H]4C(C)(C)[C@@H](O)CC[C@]4(C)[C@H]2CC[C@H]1C3. The predicted molar refractivity (Wildman–Crippen MR) is 86.9 cm³/mol. The number of hydrogen-bond donors (Lipinski definition) is 1. The number of rotatable bonds is 0. The van der Waals surface area contributed by atoms with E-state index in [0.717, 1.165) is 18.3 Å². The Morgan fingerprint density at radius 1 is 1.00 bits per heavy atom. The van der Waals surface area contributed by atoms with E-state index in [2.05, 4.69) is 27.4 Å². The summed E-state index contributed by atoms with van der Waals surface area (Å²) in [7, 11) is 0. The molecule has 0 saturated heterocycles. The van der Waals surface area contributed by atoms with Crippen molar-refractivity contribution in [2.24, 2.45) is 34.0 Å². The Balaban J connectivity index is 1.74. The van der Waals surface area contributed by atoms with Crippen LogP contribution in [-0.4, -0.2) is 11.2 Å². The topological polar surface area (TPSA) is 20.2 Å². The first-order valence-corrected chi connectivity index (χ1v) is 9.15. The molecular formula is C20H32O. The van der Waals surface area contributed by atoms with E-state index < -0.39 is 0 Å². The highest BCUT2D eigenvalue weighted by molar-refractivity contribution is 5.22. The summed E-state index contributed by atoms with van der Waals surface area (Å²) in [5.41, 5.74) is 2.70. The summed E-state index contributed by atoms with van der Waals surface area (Å²) in [6.45, 7) is 11.7. The molecule has 4 rings (SSSR count). The lowest BCUT2D eigenvalue weighted by atomic mass is 9.41. The summed E-state index contributed by atoms with van der Waals surface area (Å²) >= 11 is 0. The van der Waals surface area contributed by atoms with Crippen LogP contribution >= 0.6 is 0 Å². The lowest BCUT2D eigenvalue weighted by Crippen LogP contribution is -2.59. The standard InChI is InChI=1S/C20H32O/c1-13-11-20-10-7-15-18(2,3)17(21)8-9-19(15,4)16(20)6-5-14(13)12-20/h14-17,21H,1,5-12H2,2-4H3/t14-,15-,16+,17-,19-,20-/m0/s1. The minimum absolute atomic E-state index is 0.0977. The lowest BCUT2D eigenvalue weighted by molar-refractivity contribution is -0.180. The average Bonchev–Trinajstić information content (AvgIpc) is 2.65. The summed E-state index contributed by atoms with van der Waals surface area (Å²) in [4.78, 5) is 0. The molecule has 6 atom stereocenters. The molecule has 4 fully saturated rings. The highest BCUT2D eigenvalue weighted by Gasteiger charge is 2.64. The van der Waals surface area contributed by atoms with Gasteiger partial charge in [-0.3, -0.25) is 0 Å². The fraction of sp³-hybridized carbons (Fsp3) is 0.900. The number of fused-ring (bicyclic) bond motifs is 3. The molecular weight excluding hydrogens is 256 g/mol. The third-order valence-electron chi connectivity index (χ3n) is 8.59. The monoisotopic (exact) mass is 288 g/mol. The second-order valence-electron chi connectivity index (χ2n) is 9.70. The summed E-state index contributed by atoms with van der Waals surface area (Å²) < 4.78 is 0. The molecule has 4 saturated carbocycles. The van der Waals surface area contributed by atoms with Crippen LogP contribution in [-0.2, 0) is 0 Å². The fourth-order valence-electron chi connectivity index (χ4n) is 7.57. The minimum atomic E-state index is -0.0977. The van der Waals surface area contributed by atoms with Crippen molar-refractivity contribution >= 4 is 0 Å². The van der Waals surface area contributed by atoms with Gasteiger partial charge in [-0.1, -0.05) is 32.9 Å². The molecule has 1 heteroatoms. The van der Waals surface area contributed by atoms with Crippen LogP contribution in [0.15, 0.2) is 12.2 Å². The van der Waals surface area contributed by atoms with Gasteiger partial charge in [0, 0.05) is 0 Å². The van der Waals surface area contributed by atoms with Crippen LogP contribution in [0.3, 0.4) is 0 Å². The second kappa shape index (κ2) is 4.16. The molecule has 0 aromatic rings. The van der Waals surface area contributed by atoms with Crippen molar-refractivity contribution in [1.29, 1.82) is 0 Å². The van der Waals surface area contributed by atoms with Crippen LogP contribution in [0.2, 0.25) is 0 Å². The van der Waals surface area contributed by atoms with E-state index >= 15 is 0 Å². The van der Waals surface area contributed by atoms with Gasteiger partial charge in [0.1, 0.15) is 0 Å². The van der Waals surface area contributed by atoms with Crippen molar-refractivity contribution in [2.45, 2.75) is 78.2 Å². The van der Waals surface area contributed by atoms with Crippen molar-refractivity contribution in [2.75, 3.05) is 0 Å². The van der Waals surface area contributed by atoms with Crippen LogP contribution in [0.1, 0.15) is 72.1 Å². The van der Waals surface area contributed by atoms with Crippen LogP contribution in [0.4, 0.5) is 0 Å².